The summed E-state index contributed by atoms with van der Waals surface area (Å²) in [5, 5.41) is 14.5. The van der Waals surface area contributed by atoms with Gasteiger partial charge in [0, 0.05) is 16.6 Å². The lowest BCUT2D eigenvalue weighted by Crippen LogP contribution is -2.17. The first-order valence-corrected chi connectivity index (χ1v) is 10.4. The Morgan fingerprint density at radius 3 is 2.53 bits per heavy atom. The second-order valence-electron chi connectivity index (χ2n) is 6.97. The van der Waals surface area contributed by atoms with E-state index in [9.17, 15) is 14.4 Å². The number of hydrogen-bond acceptors (Lipinski definition) is 6. The van der Waals surface area contributed by atoms with E-state index in [4.69, 9.17) is 5.11 Å². The Kier molecular flexibility index (Phi) is 4.72. The number of pyridine rings is 2. The zero-order chi connectivity index (χ0) is 22.2. The Labute approximate surface area is 184 Å². The van der Waals surface area contributed by atoms with E-state index < -0.39 is 11.5 Å². The summed E-state index contributed by atoms with van der Waals surface area (Å²) < 4.78 is 0. The topological polar surface area (TPSA) is 125 Å². The SMILES string of the molecule is O=C1Nc2ccc(-c3csc(-c4ccccc4)n3)nc2C1=Cc1ccc(C(=O)O)c(=O)[nH]1. The Hall–Kier alpha value is -4.37. The number of nitrogens with one attached hydrogen (secondary N) is 2. The summed E-state index contributed by atoms with van der Waals surface area (Å²) in [5.41, 5.74) is 2.73. The van der Waals surface area contributed by atoms with Crippen LogP contribution in [-0.2, 0) is 4.79 Å². The van der Waals surface area contributed by atoms with Gasteiger partial charge in [0.05, 0.1) is 17.0 Å². The molecule has 1 aromatic carbocycles. The third-order valence-electron chi connectivity index (χ3n) is 4.89. The Morgan fingerprint density at radius 1 is 0.969 bits per heavy atom. The summed E-state index contributed by atoms with van der Waals surface area (Å²) in [6.07, 6.45) is 1.47. The number of carboxylic acid groups (broad SMARTS) is 1. The third kappa shape index (κ3) is 3.50. The van der Waals surface area contributed by atoms with E-state index >= 15 is 0 Å². The van der Waals surface area contributed by atoms with Gasteiger partial charge in [-0.25, -0.2) is 14.8 Å². The molecule has 0 unspecified atom stereocenters. The monoisotopic (exact) mass is 442 g/mol. The van der Waals surface area contributed by atoms with Crippen molar-refractivity contribution < 1.29 is 14.7 Å². The van der Waals surface area contributed by atoms with Gasteiger partial charge in [-0.05, 0) is 30.3 Å². The standard InChI is InChI=1S/C23H14N4O4S/c28-20-14(23(30)31)7-6-13(24-20)10-15-19-17(26-21(15)29)9-8-16(25-19)18-11-32-22(27-18)12-4-2-1-3-5-12/h1-11H,(H,24,28)(H,26,29)(H,30,31). The average molecular weight is 442 g/mol. The van der Waals surface area contributed by atoms with Gasteiger partial charge in [-0.2, -0.15) is 0 Å². The van der Waals surface area contributed by atoms with Crippen molar-refractivity contribution >= 4 is 40.5 Å². The van der Waals surface area contributed by atoms with Gasteiger partial charge in [-0.1, -0.05) is 30.3 Å². The lowest BCUT2D eigenvalue weighted by atomic mass is 10.1. The van der Waals surface area contributed by atoms with Gasteiger partial charge in [-0.3, -0.25) is 9.59 Å². The molecule has 0 aliphatic carbocycles. The van der Waals surface area contributed by atoms with Crippen molar-refractivity contribution in [2.24, 2.45) is 0 Å². The van der Waals surface area contributed by atoms with Crippen molar-refractivity contribution in [2.45, 2.75) is 0 Å². The molecule has 1 aliphatic heterocycles. The van der Waals surface area contributed by atoms with Crippen molar-refractivity contribution in [1.29, 1.82) is 0 Å². The highest BCUT2D eigenvalue weighted by atomic mass is 32.1. The van der Waals surface area contributed by atoms with Crippen LogP contribution >= 0.6 is 11.3 Å². The summed E-state index contributed by atoms with van der Waals surface area (Å²) in [6.45, 7) is 0. The quantitative estimate of drug-likeness (QED) is 0.414. The van der Waals surface area contributed by atoms with E-state index in [2.05, 4.69) is 20.3 Å². The van der Waals surface area contributed by atoms with Crippen molar-refractivity contribution in [3.8, 4) is 22.0 Å². The Morgan fingerprint density at radius 2 is 1.78 bits per heavy atom. The molecular weight excluding hydrogens is 428 g/mol. The summed E-state index contributed by atoms with van der Waals surface area (Å²) in [5.74, 6) is -1.69. The summed E-state index contributed by atoms with van der Waals surface area (Å²) >= 11 is 1.50. The second kappa shape index (κ2) is 7.71. The van der Waals surface area contributed by atoms with Crippen LogP contribution in [0.2, 0.25) is 0 Å². The molecule has 0 fully saturated rings. The highest BCUT2D eigenvalue weighted by molar-refractivity contribution is 7.13. The van der Waals surface area contributed by atoms with Crippen molar-refractivity contribution in [1.82, 2.24) is 15.0 Å². The second-order valence-corrected chi connectivity index (χ2v) is 7.83. The van der Waals surface area contributed by atoms with Crippen LogP contribution in [0.3, 0.4) is 0 Å². The molecule has 0 saturated carbocycles. The number of aromatic amines is 1. The van der Waals surface area contributed by atoms with Crippen LogP contribution in [0.15, 0.2) is 64.8 Å². The molecule has 4 aromatic rings. The number of anilines is 1. The number of carbonyl (C=O) groups is 2. The van der Waals surface area contributed by atoms with Crippen molar-refractivity contribution in [3.05, 3.63) is 87.3 Å². The van der Waals surface area contributed by atoms with E-state index in [-0.39, 0.29) is 17.0 Å². The Balaban J connectivity index is 1.52. The fourth-order valence-corrected chi connectivity index (χ4v) is 4.16. The van der Waals surface area contributed by atoms with Crippen LogP contribution in [0.4, 0.5) is 5.69 Å². The van der Waals surface area contributed by atoms with Gasteiger partial charge in [0.1, 0.15) is 22.0 Å². The first-order chi connectivity index (χ1) is 15.5. The van der Waals surface area contributed by atoms with Gasteiger partial charge in [0.15, 0.2) is 0 Å². The van der Waals surface area contributed by atoms with Gasteiger partial charge >= 0.3 is 5.97 Å². The highest BCUT2D eigenvalue weighted by Crippen LogP contribution is 2.34. The number of benzene rings is 1. The predicted octanol–water partition coefficient (Wildman–Crippen LogP) is 3.75. The molecule has 4 heterocycles. The molecule has 0 saturated heterocycles. The fraction of sp³-hybridized carbons (Fsp3) is 0. The van der Waals surface area contributed by atoms with E-state index in [0.29, 0.717) is 28.5 Å². The molecule has 3 N–H and O–H groups in total. The number of fused-ring (bicyclic) bond motifs is 1. The van der Waals surface area contributed by atoms with Crippen molar-refractivity contribution in [3.63, 3.8) is 0 Å². The van der Waals surface area contributed by atoms with Crippen molar-refractivity contribution in [2.75, 3.05) is 5.32 Å². The zero-order valence-electron chi connectivity index (χ0n) is 16.3. The van der Waals surface area contributed by atoms with Crippen LogP contribution in [0.25, 0.3) is 33.6 Å². The zero-order valence-corrected chi connectivity index (χ0v) is 17.1. The number of carboxylic acids is 1. The minimum absolute atomic E-state index is 0.263. The van der Waals surface area contributed by atoms with Crippen LogP contribution < -0.4 is 10.9 Å². The van der Waals surface area contributed by atoms with E-state index in [1.807, 2.05) is 35.7 Å². The van der Waals surface area contributed by atoms with Crippen LogP contribution in [0.1, 0.15) is 21.7 Å². The molecule has 0 bridgehead atoms. The minimum Gasteiger partial charge on any atom is -0.477 e. The number of rotatable bonds is 4. The molecule has 0 atom stereocenters. The van der Waals surface area contributed by atoms with Crippen LogP contribution in [-0.4, -0.2) is 31.9 Å². The molecule has 156 valence electrons. The van der Waals surface area contributed by atoms with Crippen LogP contribution in [0.5, 0.6) is 0 Å². The minimum atomic E-state index is -1.32. The normalized spacial score (nSPS) is 13.8. The average Bonchev–Trinajstić information content (AvgIpc) is 3.39. The smallest absolute Gasteiger partial charge is 0.341 e. The van der Waals surface area contributed by atoms with E-state index in [0.717, 1.165) is 10.6 Å². The highest BCUT2D eigenvalue weighted by Gasteiger charge is 2.27. The van der Waals surface area contributed by atoms with Gasteiger partial charge < -0.3 is 15.4 Å². The maximum atomic E-state index is 12.5. The summed E-state index contributed by atoms with van der Waals surface area (Å²) in [6, 6.07) is 16.0. The number of nitrogens with zero attached hydrogens (tertiary/aromatic N) is 2. The number of aromatic nitrogens is 3. The molecule has 8 nitrogen and oxygen atoms in total. The van der Waals surface area contributed by atoms with Crippen LogP contribution in [0, 0.1) is 0 Å². The number of amides is 1. The molecule has 1 amide bonds. The number of carbonyl (C=O) groups excluding carboxylic acids is 1. The lowest BCUT2D eigenvalue weighted by molar-refractivity contribution is -0.110. The summed E-state index contributed by atoms with van der Waals surface area (Å²) in [4.78, 5) is 47.3. The molecule has 0 spiro atoms. The first kappa shape index (κ1) is 19.6. The number of hydrogen-bond donors (Lipinski definition) is 3. The molecule has 0 radical (unpaired) electrons. The largest absolute Gasteiger partial charge is 0.477 e. The molecule has 32 heavy (non-hydrogen) atoms. The number of aromatic carboxylic acids is 1. The number of thiazole rings is 1. The van der Waals surface area contributed by atoms with E-state index in [1.165, 1.54) is 29.5 Å². The van der Waals surface area contributed by atoms with Gasteiger partial charge in [0.25, 0.3) is 11.5 Å². The van der Waals surface area contributed by atoms with Gasteiger partial charge in [-0.15, -0.1) is 11.3 Å². The molecule has 3 aromatic heterocycles. The van der Waals surface area contributed by atoms with E-state index in [1.54, 1.807) is 12.1 Å². The predicted molar refractivity (Wildman–Crippen MR) is 121 cm³/mol. The Bertz CT molecular complexity index is 1470. The lowest BCUT2D eigenvalue weighted by Gasteiger charge is -2.02. The maximum absolute atomic E-state index is 12.5. The molecule has 1 aliphatic rings. The molecular formula is C23H14N4O4S. The molecule has 9 heteroatoms. The number of H-pyrrole nitrogens is 1. The summed E-state index contributed by atoms with van der Waals surface area (Å²) in [7, 11) is 0. The third-order valence-corrected chi connectivity index (χ3v) is 5.78. The molecule has 5 rings (SSSR count). The first-order valence-electron chi connectivity index (χ1n) is 9.52. The maximum Gasteiger partial charge on any atom is 0.341 e. The van der Waals surface area contributed by atoms with Gasteiger partial charge in [0.2, 0.25) is 0 Å². The fourth-order valence-electron chi connectivity index (χ4n) is 3.34.